The van der Waals surface area contributed by atoms with E-state index in [4.69, 9.17) is 5.11 Å². The van der Waals surface area contributed by atoms with E-state index in [-0.39, 0.29) is 24.9 Å². The molecule has 0 aliphatic carbocycles. The molecule has 0 saturated heterocycles. The maximum Gasteiger partial charge on any atom is 0.303 e. The lowest BCUT2D eigenvalue weighted by Crippen LogP contribution is -2.39. The lowest BCUT2D eigenvalue weighted by atomic mass is 10.1. The first kappa shape index (κ1) is 16.9. The number of hydrogen-bond acceptors (Lipinski definition) is 3. The molecule has 0 bridgehead atoms. The van der Waals surface area contributed by atoms with Gasteiger partial charge in [-0.1, -0.05) is 26.2 Å². The molecule has 0 saturated carbocycles. The molecule has 0 fully saturated rings. The summed E-state index contributed by atoms with van der Waals surface area (Å²) in [6.45, 7) is 4.99. The SMILES string of the molecule is CCCCCC(C)NC(=O)CNCCCC(=O)O. The number of nitrogens with one attached hydrogen (secondary N) is 2. The molecule has 0 aromatic carbocycles. The van der Waals surface area contributed by atoms with Crippen LogP contribution in [0.5, 0.6) is 0 Å². The van der Waals surface area contributed by atoms with Crippen molar-refractivity contribution < 1.29 is 14.7 Å². The maximum atomic E-state index is 11.5. The first-order valence-corrected chi connectivity index (χ1v) is 6.78. The number of aliphatic carboxylic acids is 1. The summed E-state index contributed by atoms with van der Waals surface area (Å²) in [5, 5.41) is 14.3. The number of unbranched alkanes of at least 4 members (excludes halogenated alkanes) is 2. The van der Waals surface area contributed by atoms with E-state index in [0.29, 0.717) is 13.0 Å². The molecule has 0 aliphatic rings. The lowest BCUT2D eigenvalue weighted by Gasteiger charge is -2.13. The van der Waals surface area contributed by atoms with E-state index in [1.165, 1.54) is 12.8 Å². The highest BCUT2D eigenvalue weighted by atomic mass is 16.4. The first-order chi connectivity index (χ1) is 8.56. The second-order valence-corrected chi connectivity index (χ2v) is 4.64. The van der Waals surface area contributed by atoms with Crippen molar-refractivity contribution in [2.24, 2.45) is 0 Å². The van der Waals surface area contributed by atoms with Crippen molar-refractivity contribution in [3.8, 4) is 0 Å². The van der Waals surface area contributed by atoms with E-state index in [1.54, 1.807) is 0 Å². The summed E-state index contributed by atoms with van der Waals surface area (Å²) in [7, 11) is 0. The van der Waals surface area contributed by atoms with Gasteiger partial charge in [-0.05, 0) is 26.3 Å². The first-order valence-electron chi connectivity index (χ1n) is 6.78. The van der Waals surface area contributed by atoms with Gasteiger partial charge in [-0.3, -0.25) is 9.59 Å². The minimum atomic E-state index is -0.800. The summed E-state index contributed by atoms with van der Waals surface area (Å²) in [5.41, 5.74) is 0. The molecular weight excluding hydrogens is 232 g/mol. The molecule has 106 valence electrons. The topological polar surface area (TPSA) is 78.4 Å². The Bertz CT molecular complexity index is 244. The molecule has 1 atom stereocenters. The fraction of sp³-hybridized carbons (Fsp3) is 0.846. The van der Waals surface area contributed by atoms with Crippen LogP contribution in [0.2, 0.25) is 0 Å². The zero-order valence-corrected chi connectivity index (χ0v) is 11.5. The van der Waals surface area contributed by atoms with Crippen LogP contribution in [0.15, 0.2) is 0 Å². The van der Waals surface area contributed by atoms with Gasteiger partial charge in [0.15, 0.2) is 0 Å². The smallest absolute Gasteiger partial charge is 0.303 e. The molecule has 1 amide bonds. The highest BCUT2D eigenvalue weighted by Crippen LogP contribution is 2.02. The molecule has 0 heterocycles. The maximum absolute atomic E-state index is 11.5. The summed E-state index contributed by atoms with van der Waals surface area (Å²) >= 11 is 0. The molecule has 0 radical (unpaired) electrons. The van der Waals surface area contributed by atoms with Gasteiger partial charge in [-0.2, -0.15) is 0 Å². The van der Waals surface area contributed by atoms with Crippen LogP contribution in [0.25, 0.3) is 0 Å². The zero-order chi connectivity index (χ0) is 13.8. The Morgan fingerprint density at radius 2 is 1.94 bits per heavy atom. The molecule has 0 aromatic rings. The van der Waals surface area contributed by atoms with Crippen molar-refractivity contribution in [2.75, 3.05) is 13.1 Å². The van der Waals surface area contributed by atoms with Gasteiger partial charge >= 0.3 is 5.97 Å². The summed E-state index contributed by atoms with van der Waals surface area (Å²) in [6, 6.07) is 0.213. The second kappa shape index (κ2) is 11.0. The van der Waals surface area contributed by atoms with E-state index >= 15 is 0 Å². The summed E-state index contributed by atoms with van der Waals surface area (Å²) in [4.78, 5) is 21.8. The average molecular weight is 258 g/mol. The van der Waals surface area contributed by atoms with Gasteiger partial charge in [0, 0.05) is 12.5 Å². The number of carbonyl (C=O) groups excluding carboxylic acids is 1. The van der Waals surface area contributed by atoms with Crippen LogP contribution in [-0.2, 0) is 9.59 Å². The van der Waals surface area contributed by atoms with Crippen molar-refractivity contribution in [3.63, 3.8) is 0 Å². The lowest BCUT2D eigenvalue weighted by molar-refractivity contribution is -0.137. The van der Waals surface area contributed by atoms with Gasteiger partial charge in [0.1, 0.15) is 0 Å². The summed E-state index contributed by atoms with van der Waals surface area (Å²) in [6.07, 6.45) is 5.23. The molecule has 5 nitrogen and oxygen atoms in total. The standard InChI is InChI=1S/C13H26N2O3/c1-3-4-5-7-11(2)15-12(16)10-14-9-6-8-13(17)18/h11,14H,3-10H2,1-2H3,(H,15,16)(H,17,18). The van der Waals surface area contributed by atoms with Crippen molar-refractivity contribution in [2.45, 2.75) is 58.4 Å². The van der Waals surface area contributed by atoms with Crippen molar-refractivity contribution in [1.29, 1.82) is 0 Å². The Morgan fingerprint density at radius 1 is 1.22 bits per heavy atom. The Labute approximate surface area is 109 Å². The largest absolute Gasteiger partial charge is 0.481 e. The van der Waals surface area contributed by atoms with Gasteiger partial charge < -0.3 is 15.7 Å². The van der Waals surface area contributed by atoms with Gasteiger partial charge in [-0.15, -0.1) is 0 Å². The molecule has 0 rings (SSSR count). The Balaban J connectivity index is 3.43. The number of amides is 1. The van der Waals surface area contributed by atoms with E-state index in [0.717, 1.165) is 12.8 Å². The molecule has 0 spiro atoms. The highest BCUT2D eigenvalue weighted by Gasteiger charge is 2.06. The summed E-state index contributed by atoms with van der Waals surface area (Å²) < 4.78 is 0. The third kappa shape index (κ3) is 11.4. The van der Waals surface area contributed by atoms with Crippen LogP contribution in [0, 0.1) is 0 Å². The number of hydrogen-bond donors (Lipinski definition) is 3. The number of carboxylic acid groups (broad SMARTS) is 1. The molecule has 0 aromatic heterocycles. The minimum absolute atomic E-state index is 0.0191. The molecule has 3 N–H and O–H groups in total. The highest BCUT2D eigenvalue weighted by molar-refractivity contribution is 5.78. The van der Waals surface area contributed by atoms with Crippen LogP contribution in [0.4, 0.5) is 0 Å². The number of carbonyl (C=O) groups is 2. The van der Waals surface area contributed by atoms with Crippen LogP contribution in [0.1, 0.15) is 52.4 Å². The van der Waals surface area contributed by atoms with Gasteiger partial charge in [0.05, 0.1) is 6.54 Å². The fourth-order valence-electron chi connectivity index (χ4n) is 1.67. The van der Waals surface area contributed by atoms with Gasteiger partial charge in [0.2, 0.25) is 5.91 Å². The van der Waals surface area contributed by atoms with Crippen LogP contribution in [0.3, 0.4) is 0 Å². The van der Waals surface area contributed by atoms with Crippen LogP contribution in [-0.4, -0.2) is 36.1 Å². The summed E-state index contributed by atoms with van der Waals surface area (Å²) in [5.74, 6) is -0.819. The molecule has 1 unspecified atom stereocenters. The van der Waals surface area contributed by atoms with E-state index in [2.05, 4.69) is 17.6 Å². The third-order valence-electron chi connectivity index (χ3n) is 2.68. The third-order valence-corrected chi connectivity index (χ3v) is 2.68. The van der Waals surface area contributed by atoms with Gasteiger partial charge in [0.25, 0.3) is 0 Å². The van der Waals surface area contributed by atoms with Crippen LogP contribution < -0.4 is 10.6 Å². The monoisotopic (exact) mass is 258 g/mol. The average Bonchev–Trinajstić information content (AvgIpc) is 2.28. The quantitative estimate of drug-likeness (QED) is 0.491. The van der Waals surface area contributed by atoms with E-state index in [1.807, 2.05) is 6.92 Å². The Morgan fingerprint density at radius 3 is 2.56 bits per heavy atom. The van der Waals surface area contributed by atoms with Gasteiger partial charge in [-0.25, -0.2) is 0 Å². The van der Waals surface area contributed by atoms with E-state index in [9.17, 15) is 9.59 Å². The van der Waals surface area contributed by atoms with Crippen molar-refractivity contribution >= 4 is 11.9 Å². The predicted molar refractivity (Wildman–Crippen MR) is 71.5 cm³/mol. The van der Waals surface area contributed by atoms with Crippen molar-refractivity contribution in [1.82, 2.24) is 10.6 Å². The van der Waals surface area contributed by atoms with Crippen LogP contribution >= 0.6 is 0 Å². The predicted octanol–water partition coefficient (Wildman–Crippen LogP) is 1.53. The number of rotatable bonds is 11. The second-order valence-electron chi connectivity index (χ2n) is 4.64. The van der Waals surface area contributed by atoms with Crippen molar-refractivity contribution in [3.05, 3.63) is 0 Å². The Hall–Kier alpha value is -1.10. The number of carboxylic acids is 1. The normalized spacial score (nSPS) is 12.1. The molecule has 0 aliphatic heterocycles. The molecule has 5 heteroatoms. The molecular formula is C13H26N2O3. The zero-order valence-electron chi connectivity index (χ0n) is 11.5. The molecule has 18 heavy (non-hydrogen) atoms. The fourth-order valence-corrected chi connectivity index (χ4v) is 1.67. The minimum Gasteiger partial charge on any atom is -0.481 e. The van der Waals surface area contributed by atoms with E-state index < -0.39 is 5.97 Å². The Kier molecular flexibility index (Phi) is 10.3.